The predicted octanol–water partition coefficient (Wildman–Crippen LogP) is -0.423. The Bertz CT molecular complexity index is 498. The van der Waals surface area contributed by atoms with Gasteiger partial charge in [-0.2, -0.15) is 9.66 Å². The van der Waals surface area contributed by atoms with Crippen LogP contribution < -0.4 is 11.4 Å². The number of aromatic nitrogens is 2. The first-order valence-electron chi connectivity index (χ1n) is 5.87. The van der Waals surface area contributed by atoms with Crippen molar-refractivity contribution in [2.24, 2.45) is 0 Å². The highest BCUT2D eigenvalue weighted by Crippen LogP contribution is 2.33. The summed E-state index contributed by atoms with van der Waals surface area (Å²) in [5.41, 5.74) is 4.92. The average molecular weight is 305 g/mol. The third kappa shape index (κ3) is 3.51. The van der Waals surface area contributed by atoms with Crippen molar-refractivity contribution in [1.29, 1.82) is 0 Å². The van der Waals surface area contributed by atoms with Gasteiger partial charge in [-0.25, -0.2) is 9.68 Å². The van der Waals surface area contributed by atoms with Gasteiger partial charge in [0.2, 0.25) is 0 Å². The fraction of sp³-hybridized carbons (Fsp3) is 0.600. The smallest absolute Gasteiger partial charge is 0.351 e. The first-order valence-corrected chi connectivity index (χ1v) is 6.68. The van der Waals surface area contributed by atoms with E-state index in [1.54, 1.807) is 0 Å². The standard InChI is InChI=1S/C10H16N3O6P/c1-16-19-20-18-6-4-9(17-7(6)5-14)13-3-2-8(11)12-10(13)15/h2-3,6-7,9,14,20H,4-5H2,1H3,(H2,11,12,15). The summed E-state index contributed by atoms with van der Waals surface area (Å²) in [6, 6.07) is 1.50. The summed E-state index contributed by atoms with van der Waals surface area (Å²) in [7, 11) is 1.03. The van der Waals surface area contributed by atoms with Crippen molar-refractivity contribution in [1.82, 2.24) is 9.55 Å². The lowest BCUT2D eigenvalue weighted by Gasteiger charge is -2.15. The molecular formula is C10H16N3O6P. The van der Waals surface area contributed by atoms with Crippen molar-refractivity contribution in [3.05, 3.63) is 22.7 Å². The van der Waals surface area contributed by atoms with E-state index in [0.29, 0.717) is 6.42 Å². The molecule has 0 aromatic carbocycles. The molecule has 9 nitrogen and oxygen atoms in total. The molecule has 1 aromatic heterocycles. The molecule has 1 aliphatic heterocycles. The maximum absolute atomic E-state index is 11.7. The molecule has 1 fully saturated rings. The number of nitrogens with zero attached hydrogens (tertiary/aromatic N) is 2. The van der Waals surface area contributed by atoms with Crippen molar-refractivity contribution in [3.63, 3.8) is 0 Å². The van der Waals surface area contributed by atoms with E-state index >= 15 is 0 Å². The summed E-state index contributed by atoms with van der Waals surface area (Å²) in [5, 5.41) is 9.27. The summed E-state index contributed by atoms with van der Waals surface area (Å²) in [6.45, 7) is -0.226. The van der Waals surface area contributed by atoms with E-state index in [9.17, 15) is 9.90 Å². The third-order valence-corrected chi connectivity index (χ3v) is 3.47. The minimum absolute atomic E-state index is 0.144. The highest BCUT2D eigenvalue weighted by Gasteiger charge is 2.37. The zero-order valence-electron chi connectivity index (χ0n) is 10.8. The minimum Gasteiger partial charge on any atom is -0.394 e. The normalized spacial score (nSPS) is 26.6. The van der Waals surface area contributed by atoms with Gasteiger partial charge in [0.1, 0.15) is 18.1 Å². The molecular weight excluding hydrogens is 289 g/mol. The SMILES string of the molecule is COOPOC1CC(n2ccc(N)nc2=O)OC1CO. The van der Waals surface area contributed by atoms with Crippen molar-refractivity contribution in [3.8, 4) is 0 Å². The quantitative estimate of drug-likeness (QED) is 0.315. The van der Waals surface area contributed by atoms with E-state index in [1.165, 1.54) is 23.9 Å². The van der Waals surface area contributed by atoms with Gasteiger partial charge in [-0.05, 0) is 6.07 Å². The van der Waals surface area contributed by atoms with Crippen LogP contribution in [-0.4, -0.2) is 40.6 Å². The number of aliphatic hydroxyl groups is 1. The van der Waals surface area contributed by atoms with E-state index in [-0.39, 0.29) is 21.5 Å². The highest BCUT2D eigenvalue weighted by atomic mass is 31.1. The molecule has 1 saturated heterocycles. The van der Waals surface area contributed by atoms with Crippen LogP contribution in [0.5, 0.6) is 0 Å². The van der Waals surface area contributed by atoms with Crippen molar-refractivity contribution < 1.29 is 23.9 Å². The lowest BCUT2D eigenvalue weighted by atomic mass is 10.2. The molecule has 0 spiro atoms. The number of hydrogen-bond acceptors (Lipinski definition) is 8. The van der Waals surface area contributed by atoms with Crippen molar-refractivity contribution >= 4 is 14.9 Å². The van der Waals surface area contributed by atoms with Gasteiger partial charge in [0.25, 0.3) is 0 Å². The molecule has 0 bridgehead atoms. The number of hydrogen-bond donors (Lipinski definition) is 2. The van der Waals surface area contributed by atoms with Gasteiger partial charge in [0.15, 0.2) is 9.03 Å². The third-order valence-electron chi connectivity index (χ3n) is 2.84. The van der Waals surface area contributed by atoms with Crippen LogP contribution in [0.25, 0.3) is 0 Å². The van der Waals surface area contributed by atoms with Gasteiger partial charge in [-0.1, -0.05) is 0 Å². The summed E-state index contributed by atoms with van der Waals surface area (Å²) >= 11 is 0. The number of ether oxygens (including phenoxy) is 1. The van der Waals surface area contributed by atoms with Gasteiger partial charge in [0.05, 0.1) is 19.8 Å². The van der Waals surface area contributed by atoms with Crippen LogP contribution in [0.15, 0.2) is 17.1 Å². The van der Waals surface area contributed by atoms with Crippen LogP contribution in [0.4, 0.5) is 5.82 Å². The first-order chi connectivity index (χ1) is 9.65. The molecule has 2 rings (SSSR count). The van der Waals surface area contributed by atoms with Gasteiger partial charge >= 0.3 is 5.69 Å². The van der Waals surface area contributed by atoms with Crippen LogP contribution in [0.1, 0.15) is 12.6 Å². The fourth-order valence-electron chi connectivity index (χ4n) is 1.92. The number of aliphatic hydroxyl groups excluding tert-OH is 1. The zero-order valence-corrected chi connectivity index (χ0v) is 11.8. The first kappa shape index (κ1) is 15.3. The van der Waals surface area contributed by atoms with E-state index < -0.39 is 24.1 Å². The fourth-order valence-corrected chi connectivity index (χ4v) is 2.40. The Morgan fingerprint density at radius 1 is 1.70 bits per heavy atom. The number of nitrogen functional groups attached to an aromatic ring is 1. The summed E-state index contributed by atoms with van der Waals surface area (Å²) in [4.78, 5) is 19.8. The molecule has 3 N–H and O–H groups in total. The largest absolute Gasteiger partial charge is 0.394 e. The maximum Gasteiger partial charge on any atom is 0.351 e. The molecule has 0 saturated carbocycles. The van der Waals surface area contributed by atoms with Crippen LogP contribution >= 0.6 is 9.03 Å². The molecule has 0 radical (unpaired) electrons. The molecule has 112 valence electrons. The Kier molecular flexibility index (Phi) is 5.41. The second-order valence-electron chi connectivity index (χ2n) is 4.08. The van der Waals surface area contributed by atoms with E-state index in [4.69, 9.17) is 15.0 Å². The molecule has 1 aliphatic rings. The number of nitrogens with two attached hydrogens (primary N) is 1. The Morgan fingerprint density at radius 2 is 2.50 bits per heavy atom. The van der Waals surface area contributed by atoms with Crippen LogP contribution in [0, 0.1) is 0 Å². The summed E-state index contributed by atoms with van der Waals surface area (Å²) < 4.78 is 16.9. The Labute approximate surface area is 116 Å². The monoisotopic (exact) mass is 305 g/mol. The molecule has 0 aliphatic carbocycles. The van der Waals surface area contributed by atoms with Crippen LogP contribution in [-0.2, 0) is 18.8 Å². The summed E-state index contributed by atoms with van der Waals surface area (Å²) in [6.07, 6.45) is 0.377. The average Bonchev–Trinajstić information content (AvgIpc) is 2.82. The second kappa shape index (κ2) is 7.07. The molecule has 4 atom stereocenters. The number of rotatable bonds is 6. The summed E-state index contributed by atoms with van der Waals surface area (Å²) in [5.74, 6) is 0.144. The Hall–Kier alpha value is -1.09. The molecule has 20 heavy (non-hydrogen) atoms. The molecule has 2 heterocycles. The molecule has 1 aromatic rings. The Morgan fingerprint density at radius 3 is 3.15 bits per heavy atom. The number of anilines is 1. The van der Waals surface area contributed by atoms with E-state index in [1.807, 2.05) is 0 Å². The lowest BCUT2D eigenvalue weighted by Crippen LogP contribution is -2.28. The van der Waals surface area contributed by atoms with Gasteiger partial charge in [-0.15, -0.1) is 0 Å². The van der Waals surface area contributed by atoms with Crippen LogP contribution in [0.3, 0.4) is 0 Å². The van der Waals surface area contributed by atoms with Crippen LogP contribution in [0.2, 0.25) is 0 Å². The molecule has 4 unspecified atom stereocenters. The van der Waals surface area contributed by atoms with Gasteiger partial charge < -0.3 is 20.1 Å². The topological polar surface area (TPSA) is 118 Å². The van der Waals surface area contributed by atoms with Crippen molar-refractivity contribution in [2.75, 3.05) is 19.5 Å². The van der Waals surface area contributed by atoms with E-state index in [2.05, 4.69) is 14.5 Å². The van der Waals surface area contributed by atoms with Gasteiger partial charge in [-0.3, -0.25) is 4.57 Å². The second-order valence-corrected chi connectivity index (χ2v) is 4.65. The Balaban J connectivity index is 2.05. The molecule has 0 amide bonds. The minimum atomic E-state index is -0.565. The van der Waals surface area contributed by atoms with E-state index in [0.717, 1.165) is 0 Å². The maximum atomic E-state index is 11.7. The predicted molar refractivity (Wildman–Crippen MR) is 69.8 cm³/mol. The zero-order chi connectivity index (χ0) is 14.5. The van der Waals surface area contributed by atoms with Crippen molar-refractivity contribution in [2.45, 2.75) is 24.9 Å². The van der Waals surface area contributed by atoms with Gasteiger partial charge in [0, 0.05) is 12.6 Å². The lowest BCUT2D eigenvalue weighted by molar-refractivity contribution is -0.176. The molecule has 10 heteroatoms. The highest BCUT2D eigenvalue weighted by molar-refractivity contribution is 7.26.